The van der Waals surface area contributed by atoms with Crippen LogP contribution in [0.25, 0.3) is 32.8 Å². The Hall–Kier alpha value is -4.35. The van der Waals surface area contributed by atoms with Gasteiger partial charge in [0.1, 0.15) is 22.5 Å². The molecule has 0 unspecified atom stereocenters. The molecule has 3 aromatic heterocycles. The fraction of sp³-hybridized carbons (Fsp3) is 0.148. The van der Waals surface area contributed by atoms with Crippen LogP contribution in [0.15, 0.2) is 60.9 Å². The number of aryl methyl sites for hydroxylation is 2. The van der Waals surface area contributed by atoms with Gasteiger partial charge in [-0.1, -0.05) is 6.07 Å². The molecule has 0 saturated heterocycles. The molecule has 2 aromatic carbocycles. The second-order valence-electron chi connectivity index (χ2n) is 8.06. The molecular formula is C27H22N4O3S. The van der Waals surface area contributed by atoms with Gasteiger partial charge in [0, 0.05) is 35.4 Å². The zero-order valence-electron chi connectivity index (χ0n) is 19.7. The third-order valence-electron chi connectivity index (χ3n) is 6.03. The molecule has 0 saturated carbocycles. The van der Waals surface area contributed by atoms with E-state index in [9.17, 15) is 10.1 Å². The Balaban J connectivity index is 1.73. The molecule has 3 heterocycles. The Morgan fingerprint density at radius 3 is 2.51 bits per heavy atom. The predicted octanol–water partition coefficient (Wildman–Crippen LogP) is 5.83. The van der Waals surface area contributed by atoms with Gasteiger partial charge in [-0.05, 0) is 55.8 Å². The number of imidazole rings is 1. The molecule has 0 atom stereocenters. The number of hydrogen-bond donors (Lipinski definition) is 0. The Bertz CT molecular complexity index is 1630. The summed E-state index contributed by atoms with van der Waals surface area (Å²) in [5.41, 5.74) is 6.32. The number of benzene rings is 2. The molecule has 174 valence electrons. The van der Waals surface area contributed by atoms with Gasteiger partial charge >= 0.3 is 5.97 Å². The number of thiophene rings is 1. The Morgan fingerprint density at radius 2 is 1.86 bits per heavy atom. The number of carbonyl (C=O) groups is 1. The van der Waals surface area contributed by atoms with E-state index in [4.69, 9.17) is 9.47 Å². The molecule has 0 radical (unpaired) electrons. The minimum Gasteiger partial charge on any atom is -0.495 e. The average Bonchev–Trinajstić information content (AvgIpc) is 3.57. The van der Waals surface area contributed by atoms with E-state index in [0.717, 1.165) is 44.2 Å². The monoisotopic (exact) mass is 482 g/mol. The molecule has 35 heavy (non-hydrogen) atoms. The molecule has 8 heteroatoms. The summed E-state index contributed by atoms with van der Waals surface area (Å²) in [6.07, 6.45) is 3.73. The lowest BCUT2D eigenvalue weighted by molar-refractivity contribution is 0.0606. The summed E-state index contributed by atoms with van der Waals surface area (Å²) in [5, 5.41) is 9.43. The molecule has 0 bridgehead atoms. The van der Waals surface area contributed by atoms with Crippen LogP contribution in [0.1, 0.15) is 26.6 Å². The summed E-state index contributed by atoms with van der Waals surface area (Å²) in [5.74, 6) is 1.04. The first-order chi connectivity index (χ1) is 16.9. The van der Waals surface area contributed by atoms with Gasteiger partial charge in [-0.3, -0.25) is 0 Å². The van der Waals surface area contributed by atoms with Crippen LogP contribution in [0.2, 0.25) is 0 Å². The third kappa shape index (κ3) is 3.76. The van der Waals surface area contributed by atoms with Gasteiger partial charge in [0.15, 0.2) is 0 Å². The minimum absolute atomic E-state index is 0.368. The Morgan fingerprint density at radius 1 is 1.06 bits per heavy atom. The second kappa shape index (κ2) is 8.78. The van der Waals surface area contributed by atoms with Crippen molar-refractivity contribution in [3.8, 4) is 34.5 Å². The van der Waals surface area contributed by atoms with Gasteiger partial charge in [0.05, 0.1) is 35.7 Å². The third-order valence-corrected chi connectivity index (χ3v) is 7.08. The lowest BCUT2D eigenvalue weighted by atomic mass is 10.0. The van der Waals surface area contributed by atoms with Gasteiger partial charge in [-0.2, -0.15) is 5.26 Å². The number of nitrogens with zero attached hydrogens (tertiary/aromatic N) is 4. The van der Waals surface area contributed by atoms with Gasteiger partial charge in [-0.15, -0.1) is 11.3 Å². The number of esters is 1. The highest BCUT2D eigenvalue weighted by molar-refractivity contribution is 7.20. The van der Waals surface area contributed by atoms with Crippen LogP contribution in [0.5, 0.6) is 5.75 Å². The van der Waals surface area contributed by atoms with Crippen molar-refractivity contribution in [1.29, 1.82) is 5.26 Å². The zero-order chi connectivity index (χ0) is 24.7. The number of rotatable bonds is 5. The molecule has 0 aliphatic heterocycles. The maximum Gasteiger partial charge on any atom is 0.348 e. The van der Waals surface area contributed by atoms with Crippen molar-refractivity contribution in [2.24, 2.45) is 0 Å². The summed E-state index contributed by atoms with van der Waals surface area (Å²) in [6, 6.07) is 17.9. The molecule has 0 fully saturated rings. The van der Waals surface area contributed by atoms with E-state index in [1.165, 1.54) is 18.4 Å². The smallest absolute Gasteiger partial charge is 0.348 e. The van der Waals surface area contributed by atoms with Crippen LogP contribution >= 0.6 is 11.3 Å². The fourth-order valence-electron chi connectivity index (χ4n) is 4.32. The van der Waals surface area contributed by atoms with Crippen molar-refractivity contribution in [2.45, 2.75) is 13.8 Å². The minimum atomic E-state index is -0.368. The normalized spacial score (nSPS) is 10.9. The molecule has 0 amide bonds. The highest BCUT2D eigenvalue weighted by atomic mass is 32.1. The van der Waals surface area contributed by atoms with E-state index in [1.807, 2.05) is 35.9 Å². The number of fused-ring (bicyclic) bond motifs is 1. The summed E-state index contributed by atoms with van der Waals surface area (Å²) < 4.78 is 15.5. The van der Waals surface area contributed by atoms with Gasteiger partial charge in [-0.25, -0.2) is 9.78 Å². The lowest BCUT2D eigenvalue weighted by Gasteiger charge is -2.15. The average molecular weight is 483 g/mol. The number of aromatic nitrogens is 3. The van der Waals surface area contributed by atoms with E-state index in [-0.39, 0.29) is 5.97 Å². The van der Waals surface area contributed by atoms with E-state index >= 15 is 0 Å². The number of methoxy groups -OCH3 is 2. The predicted molar refractivity (Wildman–Crippen MR) is 136 cm³/mol. The van der Waals surface area contributed by atoms with Gasteiger partial charge in [0.2, 0.25) is 0 Å². The van der Waals surface area contributed by atoms with E-state index in [2.05, 4.69) is 46.8 Å². The van der Waals surface area contributed by atoms with Crippen LogP contribution < -0.4 is 4.74 Å². The fourth-order valence-corrected chi connectivity index (χ4v) is 5.32. The summed E-state index contributed by atoms with van der Waals surface area (Å²) >= 11 is 1.39. The van der Waals surface area contributed by atoms with Crippen molar-refractivity contribution in [1.82, 2.24) is 14.1 Å². The molecule has 5 aromatic rings. The molecule has 0 N–H and O–H groups in total. The van der Waals surface area contributed by atoms with Gasteiger partial charge in [0.25, 0.3) is 0 Å². The van der Waals surface area contributed by atoms with Crippen LogP contribution in [-0.2, 0) is 4.74 Å². The summed E-state index contributed by atoms with van der Waals surface area (Å²) in [7, 11) is 2.93. The highest BCUT2D eigenvalue weighted by Crippen LogP contribution is 2.39. The number of carbonyl (C=O) groups excluding carboxylic acids is 1. The van der Waals surface area contributed by atoms with E-state index in [0.29, 0.717) is 16.2 Å². The molecule has 0 aliphatic carbocycles. The van der Waals surface area contributed by atoms with Crippen molar-refractivity contribution in [3.63, 3.8) is 0 Å². The molecule has 5 rings (SSSR count). The maximum absolute atomic E-state index is 12.2. The maximum atomic E-state index is 12.2. The zero-order valence-corrected chi connectivity index (χ0v) is 20.5. The van der Waals surface area contributed by atoms with Crippen molar-refractivity contribution in [2.75, 3.05) is 14.2 Å². The molecule has 0 aliphatic rings. The lowest BCUT2D eigenvalue weighted by Crippen LogP contribution is -2.01. The van der Waals surface area contributed by atoms with E-state index in [1.54, 1.807) is 19.4 Å². The molecule has 0 spiro atoms. The van der Waals surface area contributed by atoms with Crippen LogP contribution in [0, 0.1) is 25.2 Å². The largest absolute Gasteiger partial charge is 0.495 e. The van der Waals surface area contributed by atoms with Crippen LogP contribution in [0.3, 0.4) is 0 Å². The Kier molecular flexibility index (Phi) is 5.63. The van der Waals surface area contributed by atoms with Crippen molar-refractivity contribution in [3.05, 3.63) is 82.8 Å². The van der Waals surface area contributed by atoms with E-state index < -0.39 is 0 Å². The first-order valence-electron chi connectivity index (χ1n) is 10.9. The van der Waals surface area contributed by atoms with Crippen molar-refractivity contribution >= 4 is 27.5 Å². The van der Waals surface area contributed by atoms with Crippen LogP contribution in [-0.4, -0.2) is 34.3 Å². The second-order valence-corrected chi connectivity index (χ2v) is 9.14. The first kappa shape index (κ1) is 22.4. The Labute approximate surface area is 206 Å². The van der Waals surface area contributed by atoms with Crippen molar-refractivity contribution < 1.29 is 14.3 Å². The summed E-state index contributed by atoms with van der Waals surface area (Å²) in [6.45, 7) is 4.05. The topological polar surface area (TPSA) is 82.1 Å². The SMILES string of the molecule is COC(=O)c1cc2c(cc(-c3ccc(-n4ccnc4C)cc3C)n2-c2ccc(C#N)c(OC)c2)s1. The number of hydrogen-bond acceptors (Lipinski definition) is 6. The van der Waals surface area contributed by atoms with Gasteiger partial charge < -0.3 is 18.6 Å². The number of ether oxygens (including phenoxy) is 2. The highest BCUT2D eigenvalue weighted by Gasteiger charge is 2.20. The summed E-state index contributed by atoms with van der Waals surface area (Å²) in [4.78, 5) is 17.1. The standard InChI is InChI=1S/C27H22N4O3S/c1-16-11-19(30-10-9-29-17(30)2)7-8-21(16)22-13-25-23(14-26(35-25)27(32)34-4)31(22)20-6-5-18(15-28)24(12-20)33-3/h5-14H,1-4H3. The first-order valence-corrected chi connectivity index (χ1v) is 11.7. The van der Waals surface area contributed by atoms with Crippen LogP contribution in [0.4, 0.5) is 0 Å². The quantitative estimate of drug-likeness (QED) is 0.295. The molecular weight excluding hydrogens is 460 g/mol. The molecule has 7 nitrogen and oxygen atoms in total. The number of nitriles is 1.